The van der Waals surface area contributed by atoms with Gasteiger partial charge in [0.1, 0.15) is 0 Å². The second kappa shape index (κ2) is 8.03. The maximum atomic E-state index is 12.6. The number of nitrogens with zero attached hydrogens (tertiary/aromatic N) is 1. The number of amides is 3. The van der Waals surface area contributed by atoms with Crippen LogP contribution in [0, 0.1) is 6.92 Å². The van der Waals surface area contributed by atoms with Crippen molar-refractivity contribution in [2.45, 2.75) is 19.9 Å². The van der Waals surface area contributed by atoms with E-state index in [4.69, 9.17) is 11.6 Å². The van der Waals surface area contributed by atoms with Crippen molar-refractivity contribution in [3.8, 4) is 0 Å². The third-order valence-corrected chi connectivity index (χ3v) is 4.56. The van der Waals surface area contributed by atoms with Crippen LogP contribution in [0.3, 0.4) is 0 Å². The van der Waals surface area contributed by atoms with Gasteiger partial charge in [-0.1, -0.05) is 29.8 Å². The SMILES string of the molecule is CNC(=O)c1ccc(NC(=O)N(C)[C@H](C)c2ccccc2Cl)c(C)c1. The second-order valence-corrected chi connectivity index (χ2v) is 6.25. The predicted molar refractivity (Wildman–Crippen MR) is 101 cm³/mol. The highest BCUT2D eigenvalue weighted by Gasteiger charge is 2.20. The summed E-state index contributed by atoms with van der Waals surface area (Å²) in [5.41, 5.74) is 2.91. The van der Waals surface area contributed by atoms with E-state index < -0.39 is 0 Å². The molecule has 1 atom stereocenters. The number of anilines is 1. The maximum Gasteiger partial charge on any atom is 0.322 e. The molecule has 5 nitrogen and oxygen atoms in total. The van der Waals surface area contributed by atoms with E-state index in [1.54, 1.807) is 43.3 Å². The van der Waals surface area contributed by atoms with Crippen LogP contribution in [-0.2, 0) is 0 Å². The summed E-state index contributed by atoms with van der Waals surface area (Å²) >= 11 is 6.22. The topological polar surface area (TPSA) is 61.4 Å². The molecule has 2 aromatic rings. The van der Waals surface area contributed by atoms with E-state index in [0.717, 1.165) is 11.1 Å². The lowest BCUT2D eigenvalue weighted by Gasteiger charge is -2.26. The van der Waals surface area contributed by atoms with Gasteiger partial charge < -0.3 is 15.5 Å². The van der Waals surface area contributed by atoms with Crippen molar-refractivity contribution < 1.29 is 9.59 Å². The molecule has 2 N–H and O–H groups in total. The molecule has 0 spiro atoms. The third kappa shape index (κ3) is 4.31. The van der Waals surface area contributed by atoms with E-state index in [-0.39, 0.29) is 18.0 Å². The van der Waals surface area contributed by atoms with Gasteiger partial charge in [-0.2, -0.15) is 0 Å². The third-order valence-electron chi connectivity index (χ3n) is 4.21. The summed E-state index contributed by atoms with van der Waals surface area (Å²) < 4.78 is 0. The number of hydrogen-bond donors (Lipinski definition) is 2. The molecule has 0 aliphatic heterocycles. The van der Waals surface area contributed by atoms with E-state index in [1.807, 2.05) is 32.0 Å². The quantitative estimate of drug-likeness (QED) is 0.858. The zero-order valence-corrected chi connectivity index (χ0v) is 15.5. The number of benzene rings is 2. The van der Waals surface area contributed by atoms with Crippen molar-refractivity contribution in [2.24, 2.45) is 0 Å². The van der Waals surface area contributed by atoms with Crippen LogP contribution in [0.15, 0.2) is 42.5 Å². The van der Waals surface area contributed by atoms with E-state index in [2.05, 4.69) is 10.6 Å². The molecule has 6 heteroatoms. The first-order chi connectivity index (χ1) is 11.8. The van der Waals surface area contributed by atoms with Crippen LogP contribution in [0.25, 0.3) is 0 Å². The number of rotatable bonds is 4. The van der Waals surface area contributed by atoms with Crippen LogP contribution in [0.1, 0.15) is 34.5 Å². The Morgan fingerprint density at radius 2 is 1.84 bits per heavy atom. The first-order valence-electron chi connectivity index (χ1n) is 7.96. The lowest BCUT2D eigenvalue weighted by atomic mass is 10.1. The largest absolute Gasteiger partial charge is 0.355 e. The zero-order valence-electron chi connectivity index (χ0n) is 14.8. The molecule has 0 radical (unpaired) electrons. The van der Waals surface area contributed by atoms with Crippen LogP contribution in [0.5, 0.6) is 0 Å². The fourth-order valence-electron chi connectivity index (χ4n) is 2.49. The van der Waals surface area contributed by atoms with Gasteiger partial charge in [-0.15, -0.1) is 0 Å². The molecule has 2 aromatic carbocycles. The smallest absolute Gasteiger partial charge is 0.322 e. The van der Waals surface area contributed by atoms with E-state index in [1.165, 1.54) is 0 Å². The second-order valence-electron chi connectivity index (χ2n) is 5.85. The Morgan fingerprint density at radius 3 is 2.44 bits per heavy atom. The highest BCUT2D eigenvalue weighted by molar-refractivity contribution is 6.31. The lowest BCUT2D eigenvalue weighted by molar-refractivity contribution is 0.0963. The van der Waals surface area contributed by atoms with Crippen molar-refractivity contribution >= 4 is 29.2 Å². The monoisotopic (exact) mass is 359 g/mol. The van der Waals surface area contributed by atoms with Gasteiger partial charge in [-0.3, -0.25) is 4.79 Å². The number of urea groups is 1. The average Bonchev–Trinajstić information content (AvgIpc) is 2.61. The molecule has 0 aromatic heterocycles. The predicted octanol–water partition coefficient (Wildman–Crippen LogP) is 4.23. The lowest BCUT2D eigenvalue weighted by Crippen LogP contribution is -2.34. The molecule has 3 amide bonds. The fourth-order valence-corrected chi connectivity index (χ4v) is 2.78. The molecule has 0 saturated carbocycles. The normalized spacial score (nSPS) is 11.6. The Hall–Kier alpha value is -2.53. The molecular formula is C19H22ClN3O2. The van der Waals surface area contributed by atoms with Crippen LogP contribution < -0.4 is 10.6 Å². The minimum Gasteiger partial charge on any atom is -0.355 e. The molecule has 0 bridgehead atoms. The highest BCUT2D eigenvalue weighted by Crippen LogP contribution is 2.27. The van der Waals surface area contributed by atoms with Crippen molar-refractivity contribution in [2.75, 3.05) is 19.4 Å². The molecule has 0 aliphatic carbocycles. The standard InChI is InChI=1S/C19H22ClN3O2/c1-12-11-14(18(24)21-3)9-10-17(12)22-19(25)23(4)13(2)15-7-5-6-8-16(15)20/h5-11,13H,1-4H3,(H,21,24)(H,22,25)/t13-/m1/s1. The molecule has 132 valence electrons. The Labute approximate surface area is 153 Å². The molecule has 0 heterocycles. The Bertz CT molecular complexity index is 792. The number of halogens is 1. The van der Waals surface area contributed by atoms with Gasteiger partial charge >= 0.3 is 6.03 Å². The van der Waals surface area contributed by atoms with Gasteiger partial charge in [-0.05, 0) is 49.2 Å². The summed E-state index contributed by atoms with van der Waals surface area (Å²) in [6.45, 7) is 3.77. The van der Waals surface area contributed by atoms with Crippen molar-refractivity contribution in [3.63, 3.8) is 0 Å². The van der Waals surface area contributed by atoms with Crippen molar-refractivity contribution in [1.29, 1.82) is 0 Å². The summed E-state index contributed by atoms with van der Waals surface area (Å²) in [5.74, 6) is -0.162. The molecule has 25 heavy (non-hydrogen) atoms. The average molecular weight is 360 g/mol. The first kappa shape index (κ1) is 18.8. The van der Waals surface area contributed by atoms with Gasteiger partial charge in [0.15, 0.2) is 0 Å². The number of carbonyl (C=O) groups is 2. The molecule has 0 fully saturated rings. The van der Waals surface area contributed by atoms with Crippen LogP contribution >= 0.6 is 11.6 Å². The number of nitrogens with one attached hydrogen (secondary N) is 2. The maximum absolute atomic E-state index is 12.6. The van der Waals surface area contributed by atoms with Crippen LogP contribution in [-0.4, -0.2) is 30.9 Å². The highest BCUT2D eigenvalue weighted by atomic mass is 35.5. The summed E-state index contributed by atoms with van der Waals surface area (Å²) in [4.78, 5) is 25.8. The molecule has 0 unspecified atom stereocenters. The van der Waals surface area contributed by atoms with E-state index in [0.29, 0.717) is 16.3 Å². The number of hydrogen-bond acceptors (Lipinski definition) is 2. The van der Waals surface area contributed by atoms with Crippen LogP contribution in [0.4, 0.5) is 10.5 Å². The van der Waals surface area contributed by atoms with Crippen LogP contribution in [0.2, 0.25) is 5.02 Å². The summed E-state index contributed by atoms with van der Waals surface area (Å²) in [7, 11) is 3.30. The van der Waals surface area contributed by atoms with E-state index in [9.17, 15) is 9.59 Å². The van der Waals surface area contributed by atoms with Gasteiger partial charge in [0.2, 0.25) is 0 Å². The minimum absolute atomic E-state index is 0.162. The summed E-state index contributed by atoms with van der Waals surface area (Å²) in [6, 6.07) is 12.2. The fraction of sp³-hybridized carbons (Fsp3) is 0.263. The molecule has 0 saturated heterocycles. The summed E-state index contributed by atoms with van der Waals surface area (Å²) in [6.07, 6.45) is 0. The molecule has 2 rings (SSSR count). The number of aryl methyl sites for hydroxylation is 1. The first-order valence-corrected chi connectivity index (χ1v) is 8.34. The van der Waals surface area contributed by atoms with Crippen molar-refractivity contribution in [1.82, 2.24) is 10.2 Å². The van der Waals surface area contributed by atoms with Gasteiger partial charge in [0.05, 0.1) is 6.04 Å². The molecular weight excluding hydrogens is 338 g/mol. The Morgan fingerprint density at radius 1 is 1.16 bits per heavy atom. The Balaban J connectivity index is 2.13. The molecule has 0 aliphatic rings. The summed E-state index contributed by atoms with van der Waals surface area (Å²) in [5, 5.41) is 6.08. The minimum atomic E-state index is -0.247. The Kier molecular flexibility index (Phi) is 6.04. The zero-order chi connectivity index (χ0) is 18.6. The van der Waals surface area contributed by atoms with Crippen molar-refractivity contribution in [3.05, 3.63) is 64.2 Å². The van der Waals surface area contributed by atoms with Gasteiger partial charge in [-0.25, -0.2) is 4.79 Å². The number of carbonyl (C=O) groups excluding carboxylic acids is 2. The van der Waals surface area contributed by atoms with Gasteiger partial charge in [0, 0.05) is 30.4 Å². The van der Waals surface area contributed by atoms with E-state index >= 15 is 0 Å². The van der Waals surface area contributed by atoms with Gasteiger partial charge in [0.25, 0.3) is 5.91 Å².